The summed E-state index contributed by atoms with van der Waals surface area (Å²) < 4.78 is 29.2. The molecule has 2 N–H and O–H groups in total. The van der Waals surface area contributed by atoms with Crippen LogP contribution in [-0.4, -0.2) is 26.2 Å². The molecule has 0 unspecified atom stereocenters. The van der Waals surface area contributed by atoms with E-state index in [2.05, 4.69) is 25.4 Å². The Kier molecular flexibility index (Phi) is 5.79. The van der Waals surface area contributed by atoms with Crippen molar-refractivity contribution in [1.82, 2.24) is 0 Å². The molecule has 0 radical (unpaired) electrons. The smallest absolute Gasteiger partial charge is 0.348 e. The van der Waals surface area contributed by atoms with Gasteiger partial charge < -0.3 is 19.9 Å². The van der Waals surface area contributed by atoms with Crippen LogP contribution in [0.1, 0.15) is 25.6 Å². The van der Waals surface area contributed by atoms with Crippen LogP contribution in [-0.2, 0) is 16.1 Å². The van der Waals surface area contributed by atoms with Crippen LogP contribution in [0.4, 0.5) is 9.39 Å². The minimum absolute atomic E-state index is 0.0143. The lowest BCUT2D eigenvalue weighted by molar-refractivity contribution is 0.0599. The van der Waals surface area contributed by atoms with Crippen molar-refractivity contribution in [3.63, 3.8) is 0 Å². The van der Waals surface area contributed by atoms with E-state index in [-0.39, 0.29) is 33.4 Å². The summed E-state index contributed by atoms with van der Waals surface area (Å²) >= 11 is 4.02. The summed E-state index contributed by atoms with van der Waals surface area (Å²) in [6.07, 6.45) is 0. The van der Waals surface area contributed by atoms with E-state index >= 15 is 0 Å². The summed E-state index contributed by atoms with van der Waals surface area (Å²) in [5.74, 6) is -2.01. The van der Waals surface area contributed by atoms with Gasteiger partial charge in [0.25, 0.3) is 0 Å². The second-order valence-corrected chi connectivity index (χ2v) is 6.46. The predicted molar refractivity (Wildman–Crippen MR) is 89.8 cm³/mol. The Morgan fingerprint density at radius 2 is 1.92 bits per heavy atom. The van der Waals surface area contributed by atoms with E-state index in [4.69, 9.17) is 10.5 Å². The van der Waals surface area contributed by atoms with Gasteiger partial charge in [-0.25, -0.2) is 14.0 Å². The molecule has 1 aromatic carbocycles. The van der Waals surface area contributed by atoms with Crippen LogP contribution in [0.5, 0.6) is 5.75 Å². The van der Waals surface area contributed by atoms with Crippen molar-refractivity contribution in [1.29, 1.82) is 0 Å². The van der Waals surface area contributed by atoms with E-state index in [9.17, 15) is 14.0 Å². The molecule has 0 fully saturated rings. The summed E-state index contributed by atoms with van der Waals surface area (Å²) in [4.78, 5) is 23.9. The number of carbonyl (C=O) groups is 2. The molecule has 1 aromatic heterocycles. The van der Waals surface area contributed by atoms with E-state index in [0.717, 1.165) is 11.3 Å². The quantitative estimate of drug-likeness (QED) is 0.750. The van der Waals surface area contributed by atoms with Gasteiger partial charge in [-0.1, -0.05) is 15.9 Å². The molecule has 6 nitrogen and oxygen atoms in total. The molecule has 0 spiro atoms. The number of nitrogens with two attached hydrogens (primary N) is 1. The lowest BCUT2D eigenvalue weighted by Crippen LogP contribution is -2.11. The molecule has 2 rings (SSSR count). The first-order chi connectivity index (χ1) is 11.4. The third-order valence-electron chi connectivity index (χ3n) is 3.06. The number of nitrogen functional groups attached to an aromatic ring is 1. The number of anilines is 1. The number of rotatable bonds is 5. The highest BCUT2D eigenvalue weighted by atomic mass is 79.9. The minimum Gasteiger partial charge on any atom is -0.486 e. The lowest BCUT2D eigenvalue weighted by atomic mass is 10.1. The van der Waals surface area contributed by atoms with Gasteiger partial charge in [0.2, 0.25) is 0 Å². The van der Waals surface area contributed by atoms with Crippen LogP contribution in [0.3, 0.4) is 0 Å². The molecule has 24 heavy (non-hydrogen) atoms. The van der Waals surface area contributed by atoms with Gasteiger partial charge in [0.1, 0.15) is 22.0 Å². The maximum absolute atomic E-state index is 13.8. The number of halogens is 2. The number of hydrogen-bond donors (Lipinski definition) is 1. The molecule has 0 amide bonds. The van der Waals surface area contributed by atoms with Gasteiger partial charge in [-0.3, -0.25) is 0 Å². The monoisotopic (exact) mass is 417 g/mol. The molecule has 0 saturated heterocycles. The minimum atomic E-state index is -0.714. The molecular weight excluding hydrogens is 405 g/mol. The molecular formula is C15H13BrFNO5S. The molecule has 0 atom stereocenters. The van der Waals surface area contributed by atoms with Crippen molar-refractivity contribution in [2.45, 2.75) is 6.61 Å². The predicted octanol–water partition coefficient (Wildman–Crippen LogP) is 3.38. The zero-order valence-corrected chi connectivity index (χ0v) is 15.1. The Hall–Kier alpha value is -2.13. The maximum atomic E-state index is 13.8. The first kappa shape index (κ1) is 18.2. The highest BCUT2D eigenvalue weighted by Gasteiger charge is 2.27. The molecule has 1 heterocycles. The number of carbonyl (C=O) groups excluding carboxylic acids is 2. The van der Waals surface area contributed by atoms with E-state index in [1.54, 1.807) is 6.07 Å². The Bertz CT molecular complexity index is 792. The van der Waals surface area contributed by atoms with Crippen molar-refractivity contribution < 1.29 is 28.2 Å². The summed E-state index contributed by atoms with van der Waals surface area (Å²) in [5, 5.41) is 0.0946. The third-order valence-corrected chi connectivity index (χ3v) is 4.60. The molecule has 0 aliphatic carbocycles. The molecule has 0 aliphatic rings. The zero-order valence-electron chi connectivity index (χ0n) is 12.7. The molecule has 9 heteroatoms. The van der Waals surface area contributed by atoms with Crippen molar-refractivity contribution in [2.75, 3.05) is 20.0 Å². The number of esters is 2. The van der Waals surface area contributed by atoms with Gasteiger partial charge in [-0.15, -0.1) is 11.3 Å². The van der Waals surface area contributed by atoms with Gasteiger partial charge >= 0.3 is 11.9 Å². The molecule has 0 bridgehead atoms. The maximum Gasteiger partial charge on any atom is 0.348 e. The van der Waals surface area contributed by atoms with Crippen LogP contribution in [0.15, 0.2) is 22.7 Å². The van der Waals surface area contributed by atoms with E-state index < -0.39 is 17.8 Å². The second-order valence-electron chi connectivity index (χ2n) is 4.50. The first-order valence-electron chi connectivity index (χ1n) is 6.54. The summed E-state index contributed by atoms with van der Waals surface area (Å²) in [7, 11) is 2.39. The fourth-order valence-corrected chi connectivity index (χ4v) is 3.26. The lowest BCUT2D eigenvalue weighted by Gasteiger charge is -2.10. The van der Waals surface area contributed by atoms with Crippen LogP contribution in [0.25, 0.3) is 0 Å². The average Bonchev–Trinajstić information content (AvgIpc) is 2.89. The fraction of sp³-hybridized carbons (Fsp3) is 0.200. The topological polar surface area (TPSA) is 87.9 Å². The SMILES string of the molecule is COC(=O)c1sc(N)c(C(=O)OC)c1COc1ccc(Br)cc1F. The van der Waals surface area contributed by atoms with Crippen LogP contribution < -0.4 is 10.5 Å². The normalized spacial score (nSPS) is 10.3. The van der Waals surface area contributed by atoms with Gasteiger partial charge in [-0.2, -0.15) is 0 Å². The van der Waals surface area contributed by atoms with Crippen molar-refractivity contribution in [3.8, 4) is 5.75 Å². The average molecular weight is 418 g/mol. The number of benzene rings is 1. The Balaban J connectivity index is 2.39. The Morgan fingerprint density at radius 1 is 1.25 bits per heavy atom. The number of ether oxygens (including phenoxy) is 3. The van der Waals surface area contributed by atoms with Gasteiger partial charge in [0, 0.05) is 10.0 Å². The van der Waals surface area contributed by atoms with Gasteiger partial charge in [0.05, 0.1) is 14.2 Å². The summed E-state index contributed by atoms with van der Waals surface area (Å²) in [5.41, 5.74) is 6.01. The van der Waals surface area contributed by atoms with Crippen LogP contribution >= 0.6 is 27.3 Å². The van der Waals surface area contributed by atoms with Gasteiger partial charge in [0.15, 0.2) is 11.6 Å². The standard InChI is InChI=1S/C15H13BrFNO5S/c1-21-14(19)11-8(12(15(20)22-2)24-13(11)18)6-23-10-4-3-7(16)5-9(10)17/h3-5H,6,18H2,1-2H3. The summed E-state index contributed by atoms with van der Waals surface area (Å²) in [6, 6.07) is 4.26. The molecule has 128 valence electrons. The highest BCUT2D eigenvalue weighted by Crippen LogP contribution is 2.33. The van der Waals surface area contributed by atoms with E-state index in [1.165, 1.54) is 26.4 Å². The molecule has 0 aliphatic heterocycles. The number of methoxy groups -OCH3 is 2. The third kappa shape index (κ3) is 3.68. The first-order valence-corrected chi connectivity index (χ1v) is 8.15. The van der Waals surface area contributed by atoms with Gasteiger partial charge in [-0.05, 0) is 18.2 Å². The van der Waals surface area contributed by atoms with Crippen molar-refractivity contribution >= 4 is 44.2 Å². The summed E-state index contributed by atoms with van der Waals surface area (Å²) in [6.45, 7) is -0.249. The largest absolute Gasteiger partial charge is 0.486 e. The highest BCUT2D eigenvalue weighted by molar-refractivity contribution is 9.10. The molecule has 0 saturated carbocycles. The Labute approximate surface area is 149 Å². The Morgan fingerprint density at radius 3 is 2.50 bits per heavy atom. The zero-order chi connectivity index (χ0) is 17.9. The van der Waals surface area contributed by atoms with Crippen molar-refractivity contribution in [3.05, 3.63) is 44.5 Å². The fourth-order valence-electron chi connectivity index (χ4n) is 1.95. The van der Waals surface area contributed by atoms with Crippen LogP contribution in [0.2, 0.25) is 0 Å². The van der Waals surface area contributed by atoms with Crippen molar-refractivity contribution in [2.24, 2.45) is 0 Å². The number of hydrogen-bond acceptors (Lipinski definition) is 7. The molecule has 2 aromatic rings. The second kappa shape index (κ2) is 7.63. The van der Waals surface area contributed by atoms with E-state index in [1.807, 2.05) is 0 Å². The van der Waals surface area contributed by atoms with Crippen LogP contribution in [0, 0.1) is 5.82 Å². The number of thiophene rings is 1. The van der Waals surface area contributed by atoms with E-state index in [0.29, 0.717) is 4.47 Å².